The van der Waals surface area contributed by atoms with E-state index in [1.807, 2.05) is 0 Å². The molecular formula is C14H20N2O4S. The molecule has 0 radical (unpaired) electrons. The van der Waals surface area contributed by atoms with E-state index < -0.39 is 10.0 Å². The Morgan fingerprint density at radius 2 is 2.00 bits per heavy atom. The van der Waals surface area contributed by atoms with Crippen molar-refractivity contribution < 1.29 is 17.9 Å². The Morgan fingerprint density at radius 1 is 1.38 bits per heavy atom. The molecule has 1 rings (SSSR count). The van der Waals surface area contributed by atoms with Crippen molar-refractivity contribution in [2.24, 2.45) is 0 Å². The molecule has 0 aliphatic rings. The standard InChI is InChI=1S/C14H20N2O4S/c1-4-10-16(21(3,18)19)11-9-14(17)15-12-5-7-13(20-2)8-6-12/h4-8H,1,9-11H2,2-3H3,(H,15,17). The zero-order valence-electron chi connectivity index (χ0n) is 12.2. The van der Waals surface area contributed by atoms with E-state index in [2.05, 4.69) is 11.9 Å². The normalized spacial score (nSPS) is 11.2. The minimum Gasteiger partial charge on any atom is -0.497 e. The van der Waals surface area contributed by atoms with Crippen molar-refractivity contribution in [2.45, 2.75) is 6.42 Å². The van der Waals surface area contributed by atoms with E-state index >= 15 is 0 Å². The average molecular weight is 312 g/mol. The summed E-state index contributed by atoms with van der Waals surface area (Å²) in [4.78, 5) is 11.8. The molecule has 7 heteroatoms. The van der Waals surface area contributed by atoms with Crippen LogP contribution in [0.5, 0.6) is 5.75 Å². The fourth-order valence-electron chi connectivity index (χ4n) is 1.66. The summed E-state index contributed by atoms with van der Waals surface area (Å²) >= 11 is 0. The zero-order valence-corrected chi connectivity index (χ0v) is 13.0. The molecule has 1 aromatic carbocycles. The van der Waals surface area contributed by atoms with Crippen LogP contribution in [0.25, 0.3) is 0 Å². The number of amides is 1. The van der Waals surface area contributed by atoms with Crippen LogP contribution in [0.1, 0.15) is 6.42 Å². The molecule has 1 amide bonds. The highest BCUT2D eigenvalue weighted by molar-refractivity contribution is 7.88. The maximum Gasteiger partial charge on any atom is 0.225 e. The third-order valence-corrected chi connectivity index (χ3v) is 4.03. The highest BCUT2D eigenvalue weighted by Crippen LogP contribution is 2.15. The van der Waals surface area contributed by atoms with Crippen molar-refractivity contribution in [2.75, 3.05) is 31.8 Å². The van der Waals surface area contributed by atoms with Gasteiger partial charge in [-0.2, -0.15) is 4.31 Å². The molecule has 0 bridgehead atoms. The van der Waals surface area contributed by atoms with Gasteiger partial charge in [-0.1, -0.05) is 6.08 Å². The third kappa shape index (κ3) is 5.97. The van der Waals surface area contributed by atoms with E-state index in [1.165, 1.54) is 10.4 Å². The Bertz CT molecular complexity index is 581. The third-order valence-electron chi connectivity index (χ3n) is 2.76. The van der Waals surface area contributed by atoms with Gasteiger partial charge in [0.25, 0.3) is 0 Å². The fourth-order valence-corrected chi connectivity index (χ4v) is 2.46. The Labute approximate surface area is 125 Å². The predicted molar refractivity (Wildman–Crippen MR) is 82.9 cm³/mol. The minimum atomic E-state index is -3.34. The lowest BCUT2D eigenvalue weighted by Gasteiger charge is -2.17. The molecule has 0 aliphatic heterocycles. The SMILES string of the molecule is C=CCN(CCC(=O)Nc1ccc(OC)cc1)S(C)(=O)=O. The van der Waals surface area contributed by atoms with Crippen LogP contribution in [-0.2, 0) is 14.8 Å². The summed E-state index contributed by atoms with van der Waals surface area (Å²) in [5.74, 6) is 0.445. The van der Waals surface area contributed by atoms with Crippen LogP contribution in [0, 0.1) is 0 Å². The molecule has 1 aromatic rings. The summed E-state index contributed by atoms with van der Waals surface area (Å²) in [5.41, 5.74) is 0.635. The number of rotatable bonds is 8. The summed E-state index contributed by atoms with van der Waals surface area (Å²) in [5, 5.41) is 2.70. The van der Waals surface area contributed by atoms with Crippen molar-refractivity contribution in [3.05, 3.63) is 36.9 Å². The summed E-state index contributed by atoms with van der Waals surface area (Å²) in [6.07, 6.45) is 2.67. The summed E-state index contributed by atoms with van der Waals surface area (Å²) in [6.45, 7) is 3.81. The van der Waals surface area contributed by atoms with E-state index in [9.17, 15) is 13.2 Å². The Kier molecular flexibility index (Phi) is 6.39. The molecule has 0 aliphatic carbocycles. The first-order valence-electron chi connectivity index (χ1n) is 6.36. The van der Waals surface area contributed by atoms with Gasteiger partial charge in [0.05, 0.1) is 13.4 Å². The van der Waals surface area contributed by atoms with Gasteiger partial charge in [0.1, 0.15) is 5.75 Å². The molecule has 0 heterocycles. The highest BCUT2D eigenvalue weighted by Gasteiger charge is 2.16. The molecule has 0 aromatic heterocycles. The number of nitrogens with one attached hydrogen (secondary N) is 1. The first-order valence-corrected chi connectivity index (χ1v) is 8.21. The van der Waals surface area contributed by atoms with Gasteiger partial charge in [0, 0.05) is 25.2 Å². The highest BCUT2D eigenvalue weighted by atomic mass is 32.2. The maximum absolute atomic E-state index is 11.8. The van der Waals surface area contributed by atoms with Crippen LogP contribution < -0.4 is 10.1 Å². The summed E-state index contributed by atoms with van der Waals surface area (Å²) < 4.78 is 29.2. The van der Waals surface area contributed by atoms with Crippen LogP contribution in [0.15, 0.2) is 36.9 Å². The van der Waals surface area contributed by atoms with Crippen molar-refractivity contribution >= 4 is 21.6 Å². The largest absolute Gasteiger partial charge is 0.497 e. The number of carbonyl (C=O) groups is 1. The molecule has 0 spiro atoms. The van der Waals surface area contributed by atoms with Crippen molar-refractivity contribution in [3.63, 3.8) is 0 Å². The number of ether oxygens (including phenoxy) is 1. The van der Waals surface area contributed by atoms with E-state index in [4.69, 9.17) is 4.74 Å². The van der Waals surface area contributed by atoms with Gasteiger partial charge in [0.15, 0.2) is 0 Å². The van der Waals surface area contributed by atoms with Crippen LogP contribution in [-0.4, -0.2) is 45.1 Å². The first kappa shape index (κ1) is 17.2. The number of methoxy groups -OCH3 is 1. The Balaban J connectivity index is 2.54. The van der Waals surface area contributed by atoms with Gasteiger partial charge >= 0.3 is 0 Å². The molecule has 116 valence electrons. The van der Waals surface area contributed by atoms with Gasteiger partial charge in [-0.25, -0.2) is 8.42 Å². The summed E-state index contributed by atoms with van der Waals surface area (Å²) in [7, 11) is -1.78. The number of hydrogen-bond acceptors (Lipinski definition) is 4. The van der Waals surface area contributed by atoms with Crippen LogP contribution in [0.4, 0.5) is 5.69 Å². The van der Waals surface area contributed by atoms with Crippen LogP contribution >= 0.6 is 0 Å². The lowest BCUT2D eigenvalue weighted by atomic mass is 10.3. The van der Waals surface area contributed by atoms with E-state index in [0.29, 0.717) is 11.4 Å². The number of sulfonamides is 1. The second kappa shape index (κ2) is 7.80. The smallest absolute Gasteiger partial charge is 0.225 e. The van der Waals surface area contributed by atoms with Gasteiger partial charge in [0.2, 0.25) is 15.9 Å². The van der Waals surface area contributed by atoms with Crippen molar-refractivity contribution in [1.29, 1.82) is 0 Å². The van der Waals surface area contributed by atoms with Crippen LogP contribution in [0.2, 0.25) is 0 Å². The fraction of sp³-hybridized carbons (Fsp3) is 0.357. The van der Waals surface area contributed by atoms with Gasteiger partial charge in [-0.15, -0.1) is 6.58 Å². The monoisotopic (exact) mass is 312 g/mol. The second-order valence-electron chi connectivity index (χ2n) is 4.44. The molecule has 0 saturated heterocycles. The molecule has 0 atom stereocenters. The molecule has 6 nitrogen and oxygen atoms in total. The molecular weight excluding hydrogens is 292 g/mol. The minimum absolute atomic E-state index is 0.0763. The number of benzene rings is 1. The van der Waals surface area contributed by atoms with Crippen molar-refractivity contribution in [1.82, 2.24) is 4.31 Å². The zero-order chi connectivity index (χ0) is 15.9. The average Bonchev–Trinajstić information content (AvgIpc) is 2.43. The predicted octanol–water partition coefficient (Wildman–Crippen LogP) is 1.47. The lowest BCUT2D eigenvalue weighted by molar-refractivity contribution is -0.116. The van der Waals surface area contributed by atoms with E-state index in [1.54, 1.807) is 31.4 Å². The van der Waals surface area contributed by atoms with Gasteiger partial charge in [-0.3, -0.25) is 4.79 Å². The molecule has 0 unspecified atom stereocenters. The quantitative estimate of drug-likeness (QED) is 0.738. The van der Waals surface area contributed by atoms with E-state index in [-0.39, 0.29) is 25.4 Å². The maximum atomic E-state index is 11.8. The van der Waals surface area contributed by atoms with Crippen molar-refractivity contribution in [3.8, 4) is 5.75 Å². The Morgan fingerprint density at radius 3 is 2.48 bits per heavy atom. The van der Waals surface area contributed by atoms with Gasteiger partial charge < -0.3 is 10.1 Å². The number of hydrogen-bond donors (Lipinski definition) is 1. The van der Waals surface area contributed by atoms with Gasteiger partial charge in [-0.05, 0) is 24.3 Å². The number of nitrogens with zero attached hydrogens (tertiary/aromatic N) is 1. The lowest BCUT2D eigenvalue weighted by Crippen LogP contribution is -2.33. The first-order chi connectivity index (χ1) is 9.86. The second-order valence-corrected chi connectivity index (χ2v) is 6.42. The number of carbonyl (C=O) groups excluding carboxylic acids is 1. The Hall–Kier alpha value is -1.86. The summed E-state index contributed by atoms with van der Waals surface area (Å²) in [6, 6.07) is 6.90. The molecule has 0 fully saturated rings. The van der Waals surface area contributed by atoms with E-state index in [0.717, 1.165) is 6.26 Å². The number of anilines is 1. The topological polar surface area (TPSA) is 75.7 Å². The molecule has 0 saturated carbocycles. The molecule has 21 heavy (non-hydrogen) atoms. The van der Waals surface area contributed by atoms with Crippen LogP contribution in [0.3, 0.4) is 0 Å². The molecule has 1 N–H and O–H groups in total.